The van der Waals surface area contributed by atoms with Crippen molar-refractivity contribution < 1.29 is 4.79 Å². The Bertz CT molecular complexity index is 357. The summed E-state index contributed by atoms with van der Waals surface area (Å²) in [6, 6.07) is 3.61. The third kappa shape index (κ3) is 2.32. The van der Waals surface area contributed by atoms with E-state index in [4.69, 9.17) is 18.0 Å². The van der Waals surface area contributed by atoms with Gasteiger partial charge in [0, 0.05) is 20.3 Å². The molecule has 1 aromatic heterocycles. The van der Waals surface area contributed by atoms with Crippen LogP contribution in [0.2, 0.25) is 0 Å². The predicted molar refractivity (Wildman–Crippen MR) is 59.0 cm³/mol. The van der Waals surface area contributed by atoms with Crippen molar-refractivity contribution in [1.29, 1.82) is 0 Å². The molecule has 2 N–H and O–H groups in total. The smallest absolute Gasteiger partial charge is 0.241 e. The molecule has 1 aromatic rings. The fourth-order valence-electron chi connectivity index (χ4n) is 1.06. The molecule has 1 rings (SSSR count). The van der Waals surface area contributed by atoms with Gasteiger partial charge in [-0.1, -0.05) is 12.2 Å². The summed E-state index contributed by atoms with van der Waals surface area (Å²) < 4.78 is 1.74. The normalized spacial score (nSPS) is 9.86. The highest BCUT2D eigenvalue weighted by Crippen LogP contribution is 2.02. The first-order chi connectivity index (χ1) is 6.52. The highest BCUT2D eigenvalue weighted by atomic mass is 32.1. The molecule has 0 aromatic carbocycles. The molecule has 1 amide bonds. The van der Waals surface area contributed by atoms with E-state index in [1.807, 2.05) is 6.07 Å². The van der Waals surface area contributed by atoms with E-state index >= 15 is 0 Å². The molecule has 0 saturated carbocycles. The van der Waals surface area contributed by atoms with Crippen LogP contribution < -0.4 is 5.73 Å². The van der Waals surface area contributed by atoms with Crippen LogP contribution >= 0.6 is 12.2 Å². The van der Waals surface area contributed by atoms with Crippen LogP contribution in [0.15, 0.2) is 18.3 Å². The molecular weight excluding hydrogens is 198 g/mol. The topological polar surface area (TPSA) is 51.3 Å². The molecule has 0 aliphatic rings. The first-order valence-electron chi connectivity index (χ1n) is 4.17. The molecule has 0 atom stereocenters. The molecule has 0 aliphatic carbocycles. The number of hydrogen-bond acceptors (Lipinski definition) is 2. The first kappa shape index (κ1) is 10.7. The maximum atomic E-state index is 11.4. The SMILES string of the molecule is CN(C)C(=O)Cn1cccc1C(N)=S. The summed E-state index contributed by atoms with van der Waals surface area (Å²) in [6.45, 7) is 0.271. The van der Waals surface area contributed by atoms with Gasteiger partial charge >= 0.3 is 0 Å². The van der Waals surface area contributed by atoms with Crippen molar-refractivity contribution in [2.24, 2.45) is 5.73 Å². The van der Waals surface area contributed by atoms with E-state index in [2.05, 4.69) is 0 Å². The van der Waals surface area contributed by atoms with Gasteiger partial charge in [0.1, 0.15) is 11.5 Å². The summed E-state index contributed by atoms with van der Waals surface area (Å²) in [7, 11) is 3.43. The van der Waals surface area contributed by atoms with E-state index in [9.17, 15) is 4.79 Å². The van der Waals surface area contributed by atoms with Gasteiger partial charge in [-0.25, -0.2) is 0 Å². The van der Waals surface area contributed by atoms with Crippen LogP contribution in [0.5, 0.6) is 0 Å². The van der Waals surface area contributed by atoms with Crippen molar-refractivity contribution in [3.8, 4) is 0 Å². The first-order valence-corrected chi connectivity index (χ1v) is 4.58. The molecule has 0 fully saturated rings. The minimum atomic E-state index is 0.0127. The van der Waals surface area contributed by atoms with Gasteiger partial charge < -0.3 is 15.2 Å². The Morgan fingerprint density at radius 3 is 2.79 bits per heavy atom. The zero-order valence-corrected chi connectivity index (χ0v) is 9.04. The molecule has 5 heteroatoms. The number of likely N-dealkylation sites (N-methyl/N-ethyl adjacent to an activating group) is 1. The van der Waals surface area contributed by atoms with Crippen LogP contribution in [0, 0.1) is 0 Å². The third-order valence-corrected chi connectivity index (χ3v) is 2.10. The van der Waals surface area contributed by atoms with E-state index in [0.29, 0.717) is 4.99 Å². The number of amides is 1. The number of carbonyl (C=O) groups excluding carboxylic acids is 1. The number of hydrogen-bond donors (Lipinski definition) is 1. The van der Waals surface area contributed by atoms with E-state index in [1.165, 1.54) is 4.90 Å². The number of nitrogens with zero attached hydrogens (tertiary/aromatic N) is 2. The number of aromatic nitrogens is 1. The van der Waals surface area contributed by atoms with Crippen LogP contribution in [0.25, 0.3) is 0 Å². The maximum Gasteiger partial charge on any atom is 0.241 e. The average Bonchev–Trinajstić information content (AvgIpc) is 2.52. The summed E-state index contributed by atoms with van der Waals surface area (Å²) >= 11 is 4.85. The summed E-state index contributed by atoms with van der Waals surface area (Å²) in [5.74, 6) is 0.0127. The largest absolute Gasteiger partial charge is 0.388 e. The summed E-state index contributed by atoms with van der Waals surface area (Å²) in [6.07, 6.45) is 1.79. The van der Waals surface area contributed by atoms with Crippen molar-refractivity contribution in [2.75, 3.05) is 14.1 Å². The fraction of sp³-hybridized carbons (Fsp3) is 0.333. The fourth-order valence-corrected chi connectivity index (χ4v) is 1.25. The Labute approximate surface area is 88.3 Å². The molecule has 0 bridgehead atoms. The lowest BCUT2D eigenvalue weighted by atomic mass is 10.4. The number of rotatable bonds is 3. The molecule has 0 radical (unpaired) electrons. The minimum absolute atomic E-state index is 0.0127. The molecule has 0 saturated heterocycles. The van der Waals surface area contributed by atoms with Gasteiger partial charge in [0.15, 0.2) is 0 Å². The lowest BCUT2D eigenvalue weighted by Gasteiger charge is -2.12. The molecule has 4 nitrogen and oxygen atoms in total. The van der Waals surface area contributed by atoms with Gasteiger partial charge in [0.05, 0.1) is 5.69 Å². The van der Waals surface area contributed by atoms with Gasteiger partial charge in [-0.3, -0.25) is 4.79 Å². The van der Waals surface area contributed by atoms with Crippen molar-refractivity contribution in [1.82, 2.24) is 9.47 Å². The van der Waals surface area contributed by atoms with E-state index in [-0.39, 0.29) is 12.5 Å². The monoisotopic (exact) mass is 211 g/mol. The summed E-state index contributed by atoms with van der Waals surface area (Å²) in [5.41, 5.74) is 6.21. The Balaban J connectivity index is 2.82. The van der Waals surface area contributed by atoms with Crippen LogP contribution in [0.1, 0.15) is 5.69 Å². The Morgan fingerprint density at radius 2 is 2.29 bits per heavy atom. The van der Waals surface area contributed by atoms with Crippen molar-refractivity contribution >= 4 is 23.1 Å². The molecule has 0 aliphatic heterocycles. The molecule has 1 heterocycles. The number of thiocarbonyl (C=S) groups is 1. The van der Waals surface area contributed by atoms with Crippen LogP contribution in [-0.4, -0.2) is 34.5 Å². The van der Waals surface area contributed by atoms with Crippen molar-refractivity contribution in [2.45, 2.75) is 6.54 Å². The lowest BCUT2D eigenvalue weighted by molar-refractivity contribution is -0.129. The average molecular weight is 211 g/mol. The zero-order chi connectivity index (χ0) is 10.7. The minimum Gasteiger partial charge on any atom is -0.388 e. The number of carbonyl (C=O) groups is 1. The van der Waals surface area contributed by atoms with Gasteiger partial charge in [-0.05, 0) is 12.1 Å². The van der Waals surface area contributed by atoms with Crippen LogP contribution in [0.4, 0.5) is 0 Å². The van der Waals surface area contributed by atoms with Gasteiger partial charge in [0.2, 0.25) is 5.91 Å². The van der Waals surface area contributed by atoms with E-state index < -0.39 is 0 Å². The highest BCUT2D eigenvalue weighted by Gasteiger charge is 2.08. The van der Waals surface area contributed by atoms with Gasteiger partial charge in [0.25, 0.3) is 0 Å². The molecule has 0 unspecified atom stereocenters. The standard InChI is InChI=1S/C9H13N3OS/c1-11(2)8(13)6-12-5-3-4-7(12)9(10)14/h3-5H,6H2,1-2H3,(H2,10,14). The Kier molecular flexibility index (Phi) is 3.24. The van der Waals surface area contributed by atoms with Gasteiger partial charge in [-0.2, -0.15) is 0 Å². The van der Waals surface area contributed by atoms with E-state index in [0.717, 1.165) is 5.69 Å². The Hall–Kier alpha value is -1.36. The molecule has 0 spiro atoms. The van der Waals surface area contributed by atoms with E-state index in [1.54, 1.807) is 30.9 Å². The third-order valence-electron chi connectivity index (χ3n) is 1.89. The van der Waals surface area contributed by atoms with Crippen LogP contribution in [-0.2, 0) is 11.3 Å². The molecule has 14 heavy (non-hydrogen) atoms. The zero-order valence-electron chi connectivity index (χ0n) is 8.23. The number of nitrogens with two attached hydrogens (primary N) is 1. The predicted octanol–water partition coefficient (Wildman–Crippen LogP) is 0.211. The Morgan fingerprint density at radius 1 is 1.64 bits per heavy atom. The second kappa shape index (κ2) is 4.23. The quantitative estimate of drug-likeness (QED) is 0.727. The summed E-state index contributed by atoms with van der Waals surface area (Å²) in [5, 5.41) is 0. The highest BCUT2D eigenvalue weighted by molar-refractivity contribution is 7.80. The van der Waals surface area contributed by atoms with Crippen molar-refractivity contribution in [3.05, 3.63) is 24.0 Å². The second-order valence-electron chi connectivity index (χ2n) is 3.17. The second-order valence-corrected chi connectivity index (χ2v) is 3.61. The maximum absolute atomic E-state index is 11.4. The summed E-state index contributed by atoms with van der Waals surface area (Å²) in [4.78, 5) is 13.2. The van der Waals surface area contributed by atoms with Crippen LogP contribution in [0.3, 0.4) is 0 Å². The molecule has 76 valence electrons. The molecular formula is C9H13N3OS. The van der Waals surface area contributed by atoms with Crippen molar-refractivity contribution in [3.63, 3.8) is 0 Å². The lowest BCUT2D eigenvalue weighted by Crippen LogP contribution is -2.28. The van der Waals surface area contributed by atoms with Gasteiger partial charge in [-0.15, -0.1) is 0 Å².